The molecule has 1 aromatic heterocycles. The molecule has 1 unspecified atom stereocenters. The van der Waals surface area contributed by atoms with Crippen LogP contribution < -0.4 is 5.32 Å². The van der Waals surface area contributed by atoms with Crippen molar-refractivity contribution in [3.05, 3.63) is 12.2 Å². The fraction of sp³-hybridized carbons (Fsp3) is 0.750. The Kier molecular flexibility index (Phi) is 5.33. The highest BCUT2D eigenvalue weighted by Gasteiger charge is 2.45. The second-order valence-corrected chi connectivity index (χ2v) is 6.65. The Morgan fingerprint density at radius 3 is 2.80 bits per heavy atom. The van der Waals surface area contributed by atoms with Crippen molar-refractivity contribution >= 4 is 11.8 Å². The molecule has 9 nitrogen and oxygen atoms in total. The van der Waals surface area contributed by atoms with Crippen LogP contribution in [0.1, 0.15) is 36.3 Å². The highest BCUT2D eigenvalue weighted by Crippen LogP contribution is 2.39. The van der Waals surface area contributed by atoms with Crippen LogP contribution in [0.3, 0.4) is 0 Å². The summed E-state index contributed by atoms with van der Waals surface area (Å²) in [5, 5.41) is 6.89. The fourth-order valence-electron chi connectivity index (χ4n) is 3.45. The number of aromatic nitrogens is 3. The summed E-state index contributed by atoms with van der Waals surface area (Å²) in [6.45, 7) is 2.16. The van der Waals surface area contributed by atoms with Crippen LogP contribution in [0.25, 0.3) is 0 Å². The Balaban J connectivity index is 1.50. The molecule has 0 saturated carbocycles. The van der Waals surface area contributed by atoms with E-state index >= 15 is 0 Å². The molecule has 1 spiro atoms. The summed E-state index contributed by atoms with van der Waals surface area (Å²) < 4.78 is 12.5. The average molecular weight is 351 g/mol. The van der Waals surface area contributed by atoms with Crippen LogP contribution in [0.4, 0.5) is 0 Å². The topological polar surface area (TPSA) is 98.6 Å². The maximum atomic E-state index is 12.4. The number of hydrogen-bond donors (Lipinski definition) is 1. The van der Waals surface area contributed by atoms with E-state index in [1.165, 1.54) is 11.0 Å². The van der Waals surface area contributed by atoms with Crippen LogP contribution in [0.5, 0.6) is 0 Å². The molecule has 2 amide bonds. The summed E-state index contributed by atoms with van der Waals surface area (Å²) in [6, 6.07) is 0. The first kappa shape index (κ1) is 17.8. The predicted molar refractivity (Wildman–Crippen MR) is 87.9 cm³/mol. The summed E-state index contributed by atoms with van der Waals surface area (Å²) >= 11 is 0. The predicted octanol–water partition coefficient (Wildman–Crippen LogP) is -0.268. The quantitative estimate of drug-likeness (QED) is 0.734. The molecule has 0 radical (unpaired) electrons. The third-order valence-corrected chi connectivity index (χ3v) is 4.91. The number of aryl methyl sites for hydroxylation is 1. The van der Waals surface area contributed by atoms with Gasteiger partial charge in [0.25, 0.3) is 5.91 Å². The average Bonchev–Trinajstić information content (AvgIpc) is 3.22. The molecule has 2 aliphatic rings. The van der Waals surface area contributed by atoms with Crippen LogP contribution in [-0.4, -0.2) is 76.5 Å². The van der Waals surface area contributed by atoms with Crippen molar-refractivity contribution in [3.8, 4) is 0 Å². The van der Waals surface area contributed by atoms with E-state index in [0.717, 1.165) is 19.3 Å². The molecule has 0 bridgehead atoms. The van der Waals surface area contributed by atoms with Gasteiger partial charge in [0.1, 0.15) is 12.4 Å². The van der Waals surface area contributed by atoms with E-state index < -0.39 is 6.10 Å². The van der Waals surface area contributed by atoms with Gasteiger partial charge in [0.2, 0.25) is 11.7 Å². The highest BCUT2D eigenvalue weighted by molar-refractivity contribution is 5.90. The Morgan fingerprint density at radius 2 is 2.16 bits per heavy atom. The van der Waals surface area contributed by atoms with Crippen LogP contribution in [0.2, 0.25) is 0 Å². The lowest BCUT2D eigenvalue weighted by molar-refractivity contribution is -0.140. The van der Waals surface area contributed by atoms with Crippen molar-refractivity contribution in [1.82, 2.24) is 25.0 Å². The number of piperidine rings is 1. The lowest BCUT2D eigenvalue weighted by atomic mass is 9.88. The van der Waals surface area contributed by atoms with Crippen molar-refractivity contribution < 1.29 is 19.1 Å². The van der Waals surface area contributed by atoms with Crippen molar-refractivity contribution in [2.75, 3.05) is 33.4 Å². The SMILES string of the molecule is COCCNC(=O)C1CCC2(CCN(C(=O)c3ncn(C)n3)CC2)O1. The number of methoxy groups -OCH3 is 1. The van der Waals surface area contributed by atoms with E-state index in [1.807, 2.05) is 0 Å². The Labute approximate surface area is 146 Å². The van der Waals surface area contributed by atoms with Gasteiger partial charge in [-0.05, 0) is 25.7 Å². The van der Waals surface area contributed by atoms with Gasteiger partial charge in [0.05, 0.1) is 12.2 Å². The number of likely N-dealkylation sites (tertiary alicyclic amines) is 1. The standard InChI is InChI=1S/C16H25N5O4/c1-20-11-18-13(19-20)15(23)21-8-5-16(6-9-21)4-3-12(25-16)14(22)17-7-10-24-2/h11-12H,3-10H2,1-2H3,(H,17,22). The Morgan fingerprint density at radius 1 is 1.40 bits per heavy atom. The first-order valence-corrected chi connectivity index (χ1v) is 8.62. The number of nitrogens with one attached hydrogen (secondary N) is 1. The van der Waals surface area contributed by atoms with E-state index in [2.05, 4.69) is 15.4 Å². The molecular formula is C16H25N5O4. The molecule has 1 aromatic rings. The number of ether oxygens (including phenoxy) is 2. The number of hydrogen-bond acceptors (Lipinski definition) is 6. The minimum atomic E-state index is -0.406. The van der Waals surface area contributed by atoms with Gasteiger partial charge in [-0.3, -0.25) is 14.3 Å². The molecule has 2 aliphatic heterocycles. The molecular weight excluding hydrogens is 326 g/mol. The minimum Gasteiger partial charge on any atom is -0.383 e. The lowest BCUT2D eigenvalue weighted by Crippen LogP contribution is -2.48. The van der Waals surface area contributed by atoms with Gasteiger partial charge < -0.3 is 19.7 Å². The molecule has 3 heterocycles. The van der Waals surface area contributed by atoms with Gasteiger partial charge in [0, 0.05) is 33.8 Å². The van der Waals surface area contributed by atoms with Gasteiger partial charge in [-0.2, -0.15) is 0 Å². The zero-order chi connectivity index (χ0) is 17.9. The maximum Gasteiger partial charge on any atom is 0.293 e. The third kappa shape index (κ3) is 3.98. The number of amides is 2. The van der Waals surface area contributed by atoms with E-state index in [4.69, 9.17) is 9.47 Å². The second kappa shape index (κ2) is 7.49. The van der Waals surface area contributed by atoms with Gasteiger partial charge in [-0.15, -0.1) is 5.10 Å². The van der Waals surface area contributed by atoms with Crippen LogP contribution in [0, 0.1) is 0 Å². The van der Waals surface area contributed by atoms with E-state index in [-0.39, 0.29) is 23.2 Å². The third-order valence-electron chi connectivity index (χ3n) is 4.91. The first-order chi connectivity index (χ1) is 12.0. The lowest BCUT2D eigenvalue weighted by Gasteiger charge is -2.38. The fourth-order valence-corrected chi connectivity index (χ4v) is 3.45. The number of carbonyl (C=O) groups excluding carboxylic acids is 2. The van der Waals surface area contributed by atoms with Crippen molar-refractivity contribution in [3.63, 3.8) is 0 Å². The molecule has 2 fully saturated rings. The van der Waals surface area contributed by atoms with Gasteiger partial charge in [-0.25, -0.2) is 4.98 Å². The summed E-state index contributed by atoms with van der Waals surface area (Å²) in [7, 11) is 3.34. The van der Waals surface area contributed by atoms with Gasteiger partial charge >= 0.3 is 0 Å². The molecule has 9 heteroatoms. The highest BCUT2D eigenvalue weighted by atomic mass is 16.5. The zero-order valence-electron chi connectivity index (χ0n) is 14.7. The van der Waals surface area contributed by atoms with Crippen LogP contribution in [-0.2, 0) is 21.3 Å². The number of rotatable bonds is 5. The molecule has 0 aromatic carbocycles. The molecule has 0 aliphatic carbocycles. The molecule has 138 valence electrons. The first-order valence-electron chi connectivity index (χ1n) is 8.62. The maximum absolute atomic E-state index is 12.4. The van der Waals surface area contributed by atoms with Gasteiger partial charge in [0.15, 0.2) is 0 Å². The van der Waals surface area contributed by atoms with E-state index in [0.29, 0.717) is 32.7 Å². The summed E-state index contributed by atoms with van der Waals surface area (Å²) in [6.07, 6.45) is 4.14. The van der Waals surface area contributed by atoms with Crippen LogP contribution in [0.15, 0.2) is 6.33 Å². The minimum absolute atomic E-state index is 0.0786. The van der Waals surface area contributed by atoms with Crippen molar-refractivity contribution in [1.29, 1.82) is 0 Å². The summed E-state index contributed by atoms with van der Waals surface area (Å²) in [5.74, 6) is -0.00592. The molecule has 3 rings (SSSR count). The summed E-state index contributed by atoms with van der Waals surface area (Å²) in [5.41, 5.74) is -0.294. The number of carbonyl (C=O) groups is 2. The van der Waals surface area contributed by atoms with Gasteiger partial charge in [-0.1, -0.05) is 0 Å². The molecule has 1 atom stereocenters. The largest absolute Gasteiger partial charge is 0.383 e. The normalized spacial score (nSPS) is 22.3. The van der Waals surface area contributed by atoms with Crippen molar-refractivity contribution in [2.24, 2.45) is 7.05 Å². The van der Waals surface area contributed by atoms with E-state index in [1.54, 1.807) is 19.1 Å². The number of nitrogens with zero attached hydrogens (tertiary/aromatic N) is 4. The smallest absolute Gasteiger partial charge is 0.293 e. The second-order valence-electron chi connectivity index (χ2n) is 6.65. The van der Waals surface area contributed by atoms with Crippen LogP contribution >= 0.6 is 0 Å². The summed E-state index contributed by atoms with van der Waals surface area (Å²) in [4.78, 5) is 30.3. The van der Waals surface area contributed by atoms with Crippen molar-refractivity contribution in [2.45, 2.75) is 37.4 Å². The Hall–Kier alpha value is -2.00. The molecule has 1 N–H and O–H groups in total. The molecule has 2 saturated heterocycles. The molecule has 25 heavy (non-hydrogen) atoms. The zero-order valence-corrected chi connectivity index (χ0v) is 14.7. The van der Waals surface area contributed by atoms with E-state index in [9.17, 15) is 9.59 Å². The monoisotopic (exact) mass is 351 g/mol. The Bertz CT molecular complexity index is 624.